The first-order valence-corrected chi connectivity index (χ1v) is 5.52. The maximum Gasteiger partial charge on any atom is 0.338 e. The van der Waals surface area contributed by atoms with E-state index in [4.69, 9.17) is 16.3 Å². The van der Waals surface area contributed by atoms with Crippen molar-refractivity contribution in [2.75, 3.05) is 6.61 Å². The molecule has 0 aromatic heterocycles. The number of esters is 1. The number of ether oxygens (including phenoxy) is 1. The zero-order valence-corrected chi connectivity index (χ0v) is 10.3. The van der Waals surface area contributed by atoms with Crippen LogP contribution in [0.2, 0.25) is 0 Å². The van der Waals surface area contributed by atoms with Crippen molar-refractivity contribution >= 4 is 23.4 Å². The summed E-state index contributed by atoms with van der Waals surface area (Å²) in [4.78, 5) is 22.8. The number of alkyl halides is 1. The highest BCUT2D eigenvalue weighted by Gasteiger charge is 2.22. The zero-order chi connectivity index (χ0) is 13.0. The molecule has 1 atom stereocenters. The van der Waals surface area contributed by atoms with Crippen LogP contribution in [0.3, 0.4) is 0 Å². The third-order valence-electron chi connectivity index (χ3n) is 2.14. The van der Waals surface area contributed by atoms with Gasteiger partial charge < -0.3 is 4.74 Å². The van der Waals surface area contributed by atoms with Gasteiger partial charge in [-0.1, -0.05) is 6.07 Å². The van der Waals surface area contributed by atoms with Crippen molar-refractivity contribution in [1.82, 2.24) is 0 Å². The fraction of sp³-hybridized carbons (Fsp3) is 0.333. The fourth-order valence-electron chi connectivity index (χ4n) is 1.35. The van der Waals surface area contributed by atoms with Crippen molar-refractivity contribution in [2.45, 2.75) is 19.2 Å². The Morgan fingerprint density at radius 2 is 2.12 bits per heavy atom. The van der Waals surface area contributed by atoms with E-state index in [0.717, 1.165) is 12.1 Å². The quantitative estimate of drug-likeness (QED) is 0.616. The van der Waals surface area contributed by atoms with Crippen LogP contribution in [-0.2, 0) is 9.53 Å². The molecule has 1 unspecified atom stereocenters. The molecule has 0 saturated heterocycles. The average molecular weight is 259 g/mol. The van der Waals surface area contributed by atoms with Crippen molar-refractivity contribution in [3.05, 3.63) is 35.1 Å². The summed E-state index contributed by atoms with van der Waals surface area (Å²) in [6, 6.07) is 3.49. The van der Waals surface area contributed by atoms with Gasteiger partial charge in [-0.05, 0) is 31.5 Å². The standard InChI is InChI=1S/C12H12ClFO3/c1-3-17-12(16)10-6-8(14)4-5-9(10)11(13)7(2)15/h4-6,11H,3H2,1-2H3. The third-order valence-corrected chi connectivity index (χ3v) is 2.68. The van der Waals surface area contributed by atoms with Gasteiger partial charge in [0, 0.05) is 0 Å². The van der Waals surface area contributed by atoms with Gasteiger partial charge in [0.2, 0.25) is 0 Å². The van der Waals surface area contributed by atoms with Crippen molar-refractivity contribution in [2.24, 2.45) is 0 Å². The number of rotatable bonds is 4. The Balaban J connectivity index is 3.21. The summed E-state index contributed by atoms with van der Waals surface area (Å²) < 4.78 is 17.9. The highest BCUT2D eigenvalue weighted by atomic mass is 35.5. The molecule has 0 heterocycles. The predicted molar refractivity (Wildman–Crippen MR) is 61.6 cm³/mol. The molecular weight excluding hydrogens is 247 g/mol. The molecule has 1 aromatic rings. The van der Waals surface area contributed by atoms with Crippen LogP contribution in [-0.4, -0.2) is 18.4 Å². The molecule has 0 spiro atoms. The number of ketones is 1. The van der Waals surface area contributed by atoms with Crippen molar-refractivity contribution < 1.29 is 18.7 Å². The molecule has 0 aliphatic heterocycles. The number of hydrogen-bond donors (Lipinski definition) is 0. The van der Waals surface area contributed by atoms with Crippen LogP contribution in [0, 0.1) is 5.82 Å². The van der Waals surface area contributed by atoms with E-state index >= 15 is 0 Å². The maximum atomic E-state index is 13.1. The molecule has 17 heavy (non-hydrogen) atoms. The second-order valence-electron chi connectivity index (χ2n) is 3.43. The normalized spacial score (nSPS) is 12.0. The highest BCUT2D eigenvalue weighted by molar-refractivity contribution is 6.31. The molecule has 0 aliphatic rings. The molecule has 0 bridgehead atoms. The molecule has 0 fully saturated rings. The van der Waals surface area contributed by atoms with Gasteiger partial charge in [-0.2, -0.15) is 0 Å². The van der Waals surface area contributed by atoms with Crippen LogP contribution in [0.25, 0.3) is 0 Å². The number of Topliss-reactive ketones (excluding diaryl/α,β-unsaturated/α-hetero) is 1. The molecule has 0 saturated carbocycles. The van der Waals surface area contributed by atoms with Crippen LogP contribution in [0.5, 0.6) is 0 Å². The van der Waals surface area contributed by atoms with Gasteiger partial charge >= 0.3 is 5.97 Å². The molecule has 0 N–H and O–H groups in total. The smallest absolute Gasteiger partial charge is 0.338 e. The SMILES string of the molecule is CCOC(=O)c1cc(F)ccc1C(Cl)C(C)=O. The minimum Gasteiger partial charge on any atom is -0.462 e. The Hall–Kier alpha value is -1.42. The summed E-state index contributed by atoms with van der Waals surface area (Å²) in [5, 5.41) is -0.977. The summed E-state index contributed by atoms with van der Waals surface area (Å²) in [6.45, 7) is 3.11. The Labute approximate surface area is 104 Å². The van der Waals surface area contributed by atoms with Crippen molar-refractivity contribution in [3.63, 3.8) is 0 Å². The van der Waals surface area contributed by atoms with Crippen molar-refractivity contribution in [3.8, 4) is 0 Å². The first-order chi connectivity index (χ1) is 7.97. The number of halogens is 2. The summed E-state index contributed by atoms with van der Waals surface area (Å²) in [6.07, 6.45) is 0. The summed E-state index contributed by atoms with van der Waals surface area (Å²) >= 11 is 5.86. The Morgan fingerprint density at radius 1 is 1.47 bits per heavy atom. The summed E-state index contributed by atoms with van der Waals surface area (Å²) in [7, 11) is 0. The second kappa shape index (κ2) is 5.77. The van der Waals surface area contributed by atoms with Crippen LogP contribution in [0.1, 0.15) is 35.1 Å². The lowest BCUT2D eigenvalue weighted by Crippen LogP contribution is -2.12. The van der Waals surface area contributed by atoms with E-state index in [2.05, 4.69) is 0 Å². The van der Waals surface area contributed by atoms with E-state index in [9.17, 15) is 14.0 Å². The van der Waals surface area contributed by atoms with E-state index in [1.807, 2.05) is 0 Å². The summed E-state index contributed by atoms with van der Waals surface area (Å²) in [5.41, 5.74) is 0.251. The Morgan fingerprint density at radius 3 is 2.65 bits per heavy atom. The van der Waals surface area contributed by atoms with E-state index in [-0.39, 0.29) is 23.5 Å². The number of carbonyl (C=O) groups is 2. The third kappa shape index (κ3) is 3.27. The predicted octanol–water partition coefficient (Wildman–Crippen LogP) is 2.87. The van der Waals surface area contributed by atoms with Crippen LogP contribution < -0.4 is 0 Å². The van der Waals surface area contributed by atoms with Gasteiger partial charge in [-0.25, -0.2) is 9.18 Å². The Bertz CT molecular complexity index is 445. The maximum absolute atomic E-state index is 13.1. The molecular formula is C12H12ClFO3. The largest absolute Gasteiger partial charge is 0.462 e. The van der Waals surface area contributed by atoms with Gasteiger partial charge in [0.15, 0.2) is 5.78 Å². The zero-order valence-electron chi connectivity index (χ0n) is 9.50. The topological polar surface area (TPSA) is 43.4 Å². The summed E-state index contributed by atoms with van der Waals surface area (Å²) in [5.74, 6) is -1.58. The molecule has 92 valence electrons. The first-order valence-electron chi connectivity index (χ1n) is 5.08. The molecule has 1 rings (SSSR count). The van der Waals surface area contributed by atoms with Crippen LogP contribution in [0.15, 0.2) is 18.2 Å². The van der Waals surface area contributed by atoms with E-state index < -0.39 is 17.2 Å². The van der Waals surface area contributed by atoms with Gasteiger partial charge in [0.05, 0.1) is 12.2 Å². The van der Waals surface area contributed by atoms with Crippen molar-refractivity contribution in [1.29, 1.82) is 0 Å². The molecule has 0 aliphatic carbocycles. The molecule has 3 nitrogen and oxygen atoms in total. The minimum absolute atomic E-state index is 0.0120. The minimum atomic E-state index is -0.977. The molecule has 0 radical (unpaired) electrons. The van der Waals surface area contributed by atoms with Crippen LogP contribution in [0.4, 0.5) is 4.39 Å². The molecule has 5 heteroatoms. The van der Waals surface area contributed by atoms with E-state index in [1.165, 1.54) is 13.0 Å². The van der Waals surface area contributed by atoms with Gasteiger partial charge in [-0.15, -0.1) is 11.6 Å². The monoisotopic (exact) mass is 258 g/mol. The Kier molecular flexibility index (Phi) is 4.63. The van der Waals surface area contributed by atoms with Crippen LogP contribution >= 0.6 is 11.6 Å². The van der Waals surface area contributed by atoms with Gasteiger partial charge in [0.25, 0.3) is 0 Å². The average Bonchev–Trinajstić information content (AvgIpc) is 2.28. The fourth-order valence-corrected chi connectivity index (χ4v) is 1.54. The van der Waals surface area contributed by atoms with Gasteiger partial charge in [0.1, 0.15) is 11.2 Å². The number of carbonyl (C=O) groups excluding carboxylic acids is 2. The lowest BCUT2D eigenvalue weighted by molar-refractivity contribution is -0.116. The molecule has 1 aromatic carbocycles. The number of hydrogen-bond acceptors (Lipinski definition) is 3. The molecule has 0 amide bonds. The highest BCUT2D eigenvalue weighted by Crippen LogP contribution is 2.26. The number of benzene rings is 1. The second-order valence-corrected chi connectivity index (χ2v) is 3.86. The van der Waals surface area contributed by atoms with Gasteiger partial charge in [-0.3, -0.25) is 4.79 Å². The van der Waals surface area contributed by atoms with E-state index in [1.54, 1.807) is 6.92 Å². The lowest BCUT2D eigenvalue weighted by atomic mass is 10.0. The first kappa shape index (κ1) is 13.6. The van der Waals surface area contributed by atoms with E-state index in [0.29, 0.717) is 0 Å². The lowest BCUT2D eigenvalue weighted by Gasteiger charge is -2.11.